The highest BCUT2D eigenvalue weighted by Crippen LogP contribution is 2.18. The van der Waals surface area contributed by atoms with Gasteiger partial charge in [0.15, 0.2) is 0 Å². The van der Waals surface area contributed by atoms with E-state index in [9.17, 15) is 9.90 Å². The van der Waals surface area contributed by atoms with E-state index < -0.39 is 0 Å². The van der Waals surface area contributed by atoms with Gasteiger partial charge in [-0.25, -0.2) is 0 Å². The standard InChI is InChI=1S/C17H20N2O2/c1-19(12-14-7-3-5-9-16(14)20)17(21)11-10-13-6-2-4-8-15(13)18/h2-9,20H,10-12,18H2,1H3. The summed E-state index contributed by atoms with van der Waals surface area (Å²) < 4.78 is 0. The summed E-state index contributed by atoms with van der Waals surface area (Å²) >= 11 is 0. The molecule has 2 aromatic carbocycles. The maximum absolute atomic E-state index is 12.1. The summed E-state index contributed by atoms with van der Waals surface area (Å²) in [5.41, 5.74) is 8.32. The number of aryl methyl sites for hydroxylation is 1. The van der Waals surface area contributed by atoms with Crippen molar-refractivity contribution < 1.29 is 9.90 Å². The Kier molecular flexibility index (Phi) is 4.82. The van der Waals surface area contributed by atoms with Crippen LogP contribution in [0.15, 0.2) is 48.5 Å². The molecule has 110 valence electrons. The Balaban J connectivity index is 1.91. The van der Waals surface area contributed by atoms with Crippen molar-refractivity contribution in [1.29, 1.82) is 0 Å². The minimum Gasteiger partial charge on any atom is -0.508 e. The van der Waals surface area contributed by atoms with Crippen LogP contribution in [-0.2, 0) is 17.8 Å². The molecule has 0 aliphatic rings. The molecule has 0 fully saturated rings. The second-order valence-corrected chi connectivity index (χ2v) is 5.08. The highest BCUT2D eigenvalue weighted by Gasteiger charge is 2.11. The fraction of sp³-hybridized carbons (Fsp3) is 0.235. The fourth-order valence-corrected chi connectivity index (χ4v) is 2.18. The molecule has 4 nitrogen and oxygen atoms in total. The molecule has 0 spiro atoms. The molecule has 0 radical (unpaired) electrons. The van der Waals surface area contributed by atoms with Crippen LogP contribution in [-0.4, -0.2) is 23.0 Å². The number of benzene rings is 2. The lowest BCUT2D eigenvalue weighted by molar-refractivity contribution is -0.130. The van der Waals surface area contributed by atoms with Gasteiger partial charge >= 0.3 is 0 Å². The van der Waals surface area contributed by atoms with Crippen LogP contribution in [0.5, 0.6) is 5.75 Å². The molecule has 0 aromatic heterocycles. The molecule has 2 rings (SSSR count). The Bertz CT molecular complexity index is 626. The molecule has 2 aromatic rings. The number of carbonyl (C=O) groups is 1. The van der Waals surface area contributed by atoms with Gasteiger partial charge in [-0.2, -0.15) is 0 Å². The summed E-state index contributed by atoms with van der Waals surface area (Å²) in [7, 11) is 1.74. The smallest absolute Gasteiger partial charge is 0.222 e. The first-order valence-electron chi connectivity index (χ1n) is 6.92. The molecule has 4 heteroatoms. The first-order chi connectivity index (χ1) is 10.1. The van der Waals surface area contributed by atoms with Crippen molar-refractivity contribution in [1.82, 2.24) is 4.90 Å². The zero-order valence-corrected chi connectivity index (χ0v) is 12.1. The SMILES string of the molecule is CN(Cc1ccccc1O)C(=O)CCc1ccccc1N. The van der Waals surface area contributed by atoms with Crippen molar-refractivity contribution in [2.24, 2.45) is 0 Å². The monoisotopic (exact) mass is 284 g/mol. The normalized spacial score (nSPS) is 10.3. The maximum Gasteiger partial charge on any atom is 0.222 e. The largest absolute Gasteiger partial charge is 0.508 e. The number of nitrogen functional groups attached to an aromatic ring is 1. The quantitative estimate of drug-likeness (QED) is 0.829. The van der Waals surface area contributed by atoms with Crippen molar-refractivity contribution in [3.05, 3.63) is 59.7 Å². The third-order valence-electron chi connectivity index (χ3n) is 3.49. The van der Waals surface area contributed by atoms with Crippen molar-refractivity contribution in [3.8, 4) is 5.75 Å². The Morgan fingerprint density at radius 2 is 1.71 bits per heavy atom. The molecule has 0 heterocycles. The topological polar surface area (TPSA) is 66.6 Å². The first kappa shape index (κ1) is 14.9. The molecular weight excluding hydrogens is 264 g/mol. The number of amides is 1. The van der Waals surface area contributed by atoms with Crippen molar-refractivity contribution in [2.45, 2.75) is 19.4 Å². The van der Waals surface area contributed by atoms with Crippen molar-refractivity contribution >= 4 is 11.6 Å². The van der Waals surface area contributed by atoms with Gasteiger partial charge in [0.05, 0.1) is 0 Å². The lowest BCUT2D eigenvalue weighted by atomic mass is 10.1. The third-order valence-corrected chi connectivity index (χ3v) is 3.49. The molecule has 21 heavy (non-hydrogen) atoms. The molecular formula is C17H20N2O2. The Labute approximate surface area is 124 Å². The molecule has 0 saturated heterocycles. The summed E-state index contributed by atoms with van der Waals surface area (Å²) in [4.78, 5) is 13.8. The number of nitrogens with two attached hydrogens (primary N) is 1. The molecule has 0 unspecified atom stereocenters. The lowest BCUT2D eigenvalue weighted by Gasteiger charge is -2.18. The lowest BCUT2D eigenvalue weighted by Crippen LogP contribution is -2.26. The van der Waals surface area contributed by atoms with Gasteiger partial charge in [0.25, 0.3) is 0 Å². The van der Waals surface area contributed by atoms with E-state index in [2.05, 4.69) is 0 Å². The number of hydrogen-bond acceptors (Lipinski definition) is 3. The second kappa shape index (κ2) is 6.79. The van der Waals surface area contributed by atoms with Crippen molar-refractivity contribution in [2.75, 3.05) is 12.8 Å². The van der Waals surface area contributed by atoms with Crippen LogP contribution in [0, 0.1) is 0 Å². The number of phenols is 1. The van der Waals surface area contributed by atoms with Gasteiger partial charge in [0.1, 0.15) is 5.75 Å². The number of nitrogens with zero attached hydrogens (tertiary/aromatic N) is 1. The second-order valence-electron chi connectivity index (χ2n) is 5.08. The number of rotatable bonds is 5. The van der Waals surface area contributed by atoms with E-state index in [1.165, 1.54) is 0 Å². The van der Waals surface area contributed by atoms with E-state index in [4.69, 9.17) is 5.73 Å². The number of anilines is 1. The van der Waals surface area contributed by atoms with Gasteiger partial charge in [-0.15, -0.1) is 0 Å². The zero-order chi connectivity index (χ0) is 15.2. The average molecular weight is 284 g/mol. The number of phenolic OH excluding ortho intramolecular Hbond substituents is 1. The molecule has 0 saturated carbocycles. The number of aromatic hydroxyl groups is 1. The molecule has 0 atom stereocenters. The summed E-state index contributed by atoms with van der Waals surface area (Å²) in [5.74, 6) is 0.242. The number of hydrogen-bond donors (Lipinski definition) is 2. The molecule has 1 amide bonds. The van der Waals surface area contributed by atoms with E-state index in [-0.39, 0.29) is 11.7 Å². The number of para-hydroxylation sites is 2. The molecule has 3 N–H and O–H groups in total. The zero-order valence-electron chi connectivity index (χ0n) is 12.1. The highest BCUT2D eigenvalue weighted by atomic mass is 16.3. The van der Waals surface area contributed by atoms with Crippen LogP contribution >= 0.6 is 0 Å². The van der Waals surface area contributed by atoms with Gasteiger partial charge in [0, 0.05) is 31.3 Å². The van der Waals surface area contributed by atoms with Crippen LogP contribution in [0.1, 0.15) is 17.5 Å². The van der Waals surface area contributed by atoms with Crippen LogP contribution in [0.2, 0.25) is 0 Å². The van der Waals surface area contributed by atoms with E-state index >= 15 is 0 Å². The predicted molar refractivity (Wildman–Crippen MR) is 83.8 cm³/mol. The summed E-state index contributed by atoms with van der Waals surface area (Å²) in [6.07, 6.45) is 1.02. The molecule has 0 aliphatic heterocycles. The van der Waals surface area contributed by atoms with Gasteiger partial charge in [-0.3, -0.25) is 4.79 Å². The van der Waals surface area contributed by atoms with Gasteiger partial charge in [-0.05, 0) is 24.1 Å². The third kappa shape index (κ3) is 3.99. The predicted octanol–water partition coefficient (Wildman–Crippen LogP) is 2.57. The maximum atomic E-state index is 12.1. The number of carbonyl (C=O) groups excluding carboxylic acids is 1. The van der Waals surface area contributed by atoms with E-state index in [0.29, 0.717) is 25.1 Å². The Morgan fingerprint density at radius 1 is 1.10 bits per heavy atom. The minimum atomic E-state index is 0.0292. The highest BCUT2D eigenvalue weighted by molar-refractivity contribution is 5.76. The van der Waals surface area contributed by atoms with Crippen LogP contribution < -0.4 is 5.73 Å². The van der Waals surface area contributed by atoms with E-state index in [1.807, 2.05) is 36.4 Å². The van der Waals surface area contributed by atoms with Crippen LogP contribution in [0.3, 0.4) is 0 Å². The summed E-state index contributed by atoms with van der Waals surface area (Å²) in [6.45, 7) is 0.399. The molecule has 0 aliphatic carbocycles. The van der Waals surface area contributed by atoms with Gasteiger partial charge in [-0.1, -0.05) is 36.4 Å². The average Bonchev–Trinajstić information content (AvgIpc) is 2.48. The van der Waals surface area contributed by atoms with Crippen LogP contribution in [0.4, 0.5) is 5.69 Å². The molecule has 0 bridgehead atoms. The fourth-order valence-electron chi connectivity index (χ4n) is 2.18. The summed E-state index contributed by atoms with van der Waals surface area (Å²) in [5, 5.41) is 9.73. The van der Waals surface area contributed by atoms with E-state index in [1.54, 1.807) is 24.1 Å². The Hall–Kier alpha value is -2.49. The first-order valence-corrected chi connectivity index (χ1v) is 6.92. The van der Waals surface area contributed by atoms with Crippen LogP contribution in [0.25, 0.3) is 0 Å². The summed E-state index contributed by atoms with van der Waals surface area (Å²) in [6, 6.07) is 14.6. The van der Waals surface area contributed by atoms with Crippen molar-refractivity contribution in [3.63, 3.8) is 0 Å². The Morgan fingerprint density at radius 3 is 2.38 bits per heavy atom. The minimum absolute atomic E-state index is 0.0292. The van der Waals surface area contributed by atoms with E-state index in [0.717, 1.165) is 11.1 Å². The van der Waals surface area contributed by atoms with Gasteiger partial charge < -0.3 is 15.7 Å². The van der Waals surface area contributed by atoms with Gasteiger partial charge in [0.2, 0.25) is 5.91 Å².